The fraction of sp³-hybridized carbons (Fsp3) is 0.214. The highest BCUT2D eigenvalue weighted by Gasteiger charge is 2.39. The highest BCUT2D eigenvalue weighted by molar-refractivity contribution is 5.84. The van der Waals surface area contributed by atoms with Gasteiger partial charge in [0.2, 0.25) is 0 Å². The predicted molar refractivity (Wildman–Crippen MR) is 67.1 cm³/mol. The average Bonchev–Trinajstić information content (AvgIpc) is 2.38. The van der Waals surface area contributed by atoms with Crippen LogP contribution in [-0.2, 0) is 9.53 Å². The second kappa shape index (κ2) is 4.74. The molecule has 2 atom stereocenters. The van der Waals surface area contributed by atoms with E-state index in [4.69, 9.17) is 5.73 Å². The Kier molecular flexibility index (Phi) is 3.30. The van der Waals surface area contributed by atoms with Crippen LogP contribution in [0.25, 0.3) is 5.57 Å². The van der Waals surface area contributed by atoms with Crippen LogP contribution in [0.2, 0.25) is 0 Å². The first-order valence-electron chi connectivity index (χ1n) is 5.56. The lowest BCUT2D eigenvalue weighted by Crippen LogP contribution is -2.45. The topological polar surface area (TPSA) is 52.3 Å². The van der Waals surface area contributed by atoms with Gasteiger partial charge < -0.3 is 4.74 Å². The smallest absolute Gasteiger partial charge is 0.317 e. The molecule has 0 saturated heterocycles. The van der Waals surface area contributed by atoms with E-state index in [0.717, 1.165) is 11.1 Å². The van der Waals surface area contributed by atoms with Crippen molar-refractivity contribution in [2.24, 2.45) is 11.7 Å². The molecule has 2 N–H and O–H groups in total. The summed E-state index contributed by atoms with van der Waals surface area (Å²) in [6.07, 6.45) is 4.27. The Bertz CT molecular complexity index is 506. The molecule has 94 valence electrons. The van der Waals surface area contributed by atoms with Crippen LogP contribution in [0, 0.1) is 5.92 Å². The summed E-state index contributed by atoms with van der Waals surface area (Å²) < 4.78 is 18.6. The van der Waals surface area contributed by atoms with E-state index in [9.17, 15) is 9.18 Å². The highest BCUT2D eigenvalue weighted by Crippen LogP contribution is 2.31. The summed E-state index contributed by atoms with van der Waals surface area (Å²) >= 11 is 0. The molecule has 18 heavy (non-hydrogen) atoms. The summed E-state index contributed by atoms with van der Waals surface area (Å²) in [5.74, 6) is -4.01. The standard InChI is InChI=1S/C14H14FNO2/c1-18-13(17)12-9-11(7-8-14(12,15)16)10-5-3-2-4-6-10/h2-9,12H,16H2,1H3. The maximum absolute atomic E-state index is 14.0. The molecule has 3 nitrogen and oxygen atoms in total. The summed E-state index contributed by atoms with van der Waals surface area (Å²) in [5, 5.41) is 0. The Hall–Kier alpha value is -1.94. The molecule has 0 spiro atoms. The van der Waals surface area contributed by atoms with Crippen LogP contribution in [0.5, 0.6) is 0 Å². The predicted octanol–water partition coefficient (Wildman–Crippen LogP) is 2.05. The monoisotopic (exact) mass is 247 g/mol. The van der Waals surface area contributed by atoms with E-state index in [1.165, 1.54) is 19.3 Å². The van der Waals surface area contributed by atoms with Gasteiger partial charge in [-0.05, 0) is 17.2 Å². The first-order chi connectivity index (χ1) is 8.54. The molecule has 0 radical (unpaired) electrons. The summed E-state index contributed by atoms with van der Waals surface area (Å²) in [7, 11) is 1.22. The van der Waals surface area contributed by atoms with Gasteiger partial charge in [-0.25, -0.2) is 4.39 Å². The van der Waals surface area contributed by atoms with Crippen molar-refractivity contribution in [1.82, 2.24) is 0 Å². The summed E-state index contributed by atoms with van der Waals surface area (Å²) in [6.45, 7) is 0. The molecule has 4 heteroatoms. The van der Waals surface area contributed by atoms with Crippen molar-refractivity contribution >= 4 is 11.5 Å². The number of halogens is 1. The molecule has 0 heterocycles. The van der Waals surface area contributed by atoms with Crippen molar-refractivity contribution < 1.29 is 13.9 Å². The van der Waals surface area contributed by atoms with Crippen molar-refractivity contribution in [3.05, 3.63) is 54.1 Å². The van der Waals surface area contributed by atoms with Gasteiger partial charge >= 0.3 is 5.97 Å². The van der Waals surface area contributed by atoms with Crippen LogP contribution in [0.3, 0.4) is 0 Å². The third-order valence-electron chi connectivity index (χ3n) is 2.90. The third-order valence-corrected chi connectivity index (χ3v) is 2.90. The van der Waals surface area contributed by atoms with E-state index in [1.54, 1.807) is 6.08 Å². The molecule has 1 aromatic rings. The molecule has 2 rings (SSSR count). The number of benzene rings is 1. The summed E-state index contributed by atoms with van der Waals surface area (Å²) in [5.41, 5.74) is 7.10. The minimum Gasteiger partial charge on any atom is -0.468 e. The number of ether oxygens (including phenoxy) is 1. The molecular formula is C14H14FNO2. The zero-order chi connectivity index (χ0) is 13.2. The van der Waals surface area contributed by atoms with Crippen molar-refractivity contribution in [2.75, 3.05) is 7.11 Å². The number of allylic oxidation sites excluding steroid dienone is 2. The molecule has 1 aliphatic rings. The molecule has 1 aliphatic carbocycles. The largest absolute Gasteiger partial charge is 0.468 e. The van der Waals surface area contributed by atoms with E-state index in [2.05, 4.69) is 4.74 Å². The van der Waals surface area contributed by atoms with Gasteiger partial charge in [-0.1, -0.05) is 42.5 Å². The number of nitrogens with two attached hydrogens (primary N) is 1. The lowest BCUT2D eigenvalue weighted by atomic mass is 9.87. The van der Waals surface area contributed by atoms with E-state index >= 15 is 0 Å². The van der Waals surface area contributed by atoms with Gasteiger partial charge in [0, 0.05) is 0 Å². The van der Waals surface area contributed by atoms with Crippen LogP contribution in [0.1, 0.15) is 5.56 Å². The van der Waals surface area contributed by atoms with Crippen LogP contribution < -0.4 is 5.73 Å². The van der Waals surface area contributed by atoms with Gasteiger partial charge in [0.05, 0.1) is 7.11 Å². The lowest BCUT2D eigenvalue weighted by Gasteiger charge is -2.26. The third kappa shape index (κ3) is 2.33. The zero-order valence-corrected chi connectivity index (χ0v) is 9.97. The van der Waals surface area contributed by atoms with Gasteiger partial charge in [-0.2, -0.15) is 0 Å². The fourth-order valence-electron chi connectivity index (χ4n) is 1.88. The van der Waals surface area contributed by atoms with E-state index in [0.29, 0.717) is 0 Å². The molecule has 0 fully saturated rings. The summed E-state index contributed by atoms with van der Waals surface area (Å²) in [4.78, 5) is 11.5. The van der Waals surface area contributed by atoms with E-state index in [1.807, 2.05) is 30.3 Å². The lowest BCUT2D eigenvalue weighted by molar-refractivity contribution is -0.147. The number of esters is 1. The van der Waals surface area contributed by atoms with Crippen LogP contribution in [0.4, 0.5) is 4.39 Å². The second-order valence-electron chi connectivity index (χ2n) is 4.15. The molecule has 1 aromatic carbocycles. The first kappa shape index (κ1) is 12.5. The Morgan fingerprint density at radius 1 is 1.39 bits per heavy atom. The van der Waals surface area contributed by atoms with E-state index in [-0.39, 0.29) is 0 Å². The molecule has 0 aromatic heterocycles. The average molecular weight is 247 g/mol. The quantitative estimate of drug-likeness (QED) is 0.643. The number of carbonyl (C=O) groups is 1. The minimum absolute atomic E-state index is 0.683. The molecule has 0 bridgehead atoms. The molecule has 0 saturated carbocycles. The Morgan fingerprint density at radius 2 is 2.06 bits per heavy atom. The number of hydrogen-bond acceptors (Lipinski definition) is 3. The number of hydrogen-bond donors (Lipinski definition) is 1. The molecule has 2 unspecified atom stereocenters. The van der Waals surface area contributed by atoms with Crippen molar-refractivity contribution in [3.8, 4) is 0 Å². The van der Waals surface area contributed by atoms with Crippen molar-refractivity contribution in [1.29, 1.82) is 0 Å². The molecule has 0 aliphatic heterocycles. The van der Waals surface area contributed by atoms with Gasteiger partial charge in [0.1, 0.15) is 5.92 Å². The maximum Gasteiger partial charge on any atom is 0.317 e. The van der Waals surface area contributed by atoms with Crippen molar-refractivity contribution in [3.63, 3.8) is 0 Å². The Labute approximate surface area is 105 Å². The Morgan fingerprint density at radius 3 is 2.67 bits per heavy atom. The Balaban J connectivity index is 2.38. The normalized spacial score (nSPS) is 26.6. The first-order valence-corrected chi connectivity index (χ1v) is 5.56. The number of rotatable bonds is 2. The van der Waals surface area contributed by atoms with Gasteiger partial charge in [0.25, 0.3) is 0 Å². The van der Waals surface area contributed by atoms with E-state index < -0.39 is 17.7 Å². The van der Waals surface area contributed by atoms with Crippen LogP contribution >= 0.6 is 0 Å². The number of alkyl halides is 1. The van der Waals surface area contributed by atoms with Crippen LogP contribution in [-0.4, -0.2) is 18.9 Å². The molecular weight excluding hydrogens is 233 g/mol. The van der Waals surface area contributed by atoms with Crippen molar-refractivity contribution in [2.45, 2.75) is 5.79 Å². The van der Waals surface area contributed by atoms with Gasteiger partial charge in [-0.3, -0.25) is 10.5 Å². The fourth-order valence-corrected chi connectivity index (χ4v) is 1.88. The summed E-state index contributed by atoms with van der Waals surface area (Å²) in [6, 6.07) is 9.39. The van der Waals surface area contributed by atoms with Crippen LogP contribution in [0.15, 0.2) is 48.6 Å². The number of methoxy groups -OCH3 is 1. The molecule has 0 amide bonds. The second-order valence-corrected chi connectivity index (χ2v) is 4.15. The number of carbonyl (C=O) groups excluding carboxylic acids is 1. The SMILES string of the molecule is COC(=O)C1C=C(c2ccccc2)C=CC1(N)F. The zero-order valence-electron chi connectivity index (χ0n) is 9.97. The van der Waals surface area contributed by atoms with Gasteiger partial charge in [0.15, 0.2) is 5.79 Å². The maximum atomic E-state index is 14.0. The highest BCUT2D eigenvalue weighted by atomic mass is 19.1. The minimum atomic E-state index is -2.20. The van der Waals surface area contributed by atoms with Gasteiger partial charge in [-0.15, -0.1) is 0 Å².